The zero-order valence-corrected chi connectivity index (χ0v) is 10.6. The normalized spacial score (nSPS) is 25.2. The first-order chi connectivity index (χ1) is 7.58. The van der Waals surface area contributed by atoms with Crippen LogP contribution in [0.3, 0.4) is 0 Å². The Labute approximate surface area is 97.9 Å². The van der Waals surface area contributed by atoms with Gasteiger partial charge in [0.1, 0.15) is 0 Å². The molecule has 16 heavy (non-hydrogen) atoms. The van der Waals surface area contributed by atoms with Gasteiger partial charge in [-0.3, -0.25) is 4.90 Å². The number of oxime groups is 1. The summed E-state index contributed by atoms with van der Waals surface area (Å²) < 4.78 is 0. The monoisotopic (exact) mass is 228 g/mol. The Hall–Kier alpha value is -0.810. The van der Waals surface area contributed by atoms with Crippen LogP contribution in [-0.4, -0.2) is 60.6 Å². The van der Waals surface area contributed by atoms with Crippen molar-refractivity contribution in [1.82, 2.24) is 9.80 Å². The summed E-state index contributed by atoms with van der Waals surface area (Å²) in [5, 5.41) is 11.8. The number of likely N-dealkylation sites (N-methyl/N-ethyl adjacent to an activating group) is 1. The Morgan fingerprint density at radius 1 is 1.69 bits per heavy atom. The molecule has 1 fully saturated rings. The number of likely N-dealkylation sites (tertiary alicyclic amines) is 1. The van der Waals surface area contributed by atoms with Crippen molar-refractivity contribution in [3.8, 4) is 0 Å². The molecule has 0 aromatic carbocycles. The molecular weight excluding hydrogens is 204 g/mol. The summed E-state index contributed by atoms with van der Waals surface area (Å²) in [7, 11) is 4.20. The van der Waals surface area contributed by atoms with Crippen LogP contribution in [0, 0.1) is 5.92 Å². The minimum atomic E-state index is 0.0518. The van der Waals surface area contributed by atoms with E-state index in [0.717, 1.165) is 19.5 Å². The summed E-state index contributed by atoms with van der Waals surface area (Å²) in [4.78, 5) is 4.54. The first-order valence-corrected chi connectivity index (χ1v) is 5.94. The van der Waals surface area contributed by atoms with Crippen molar-refractivity contribution < 1.29 is 5.21 Å². The van der Waals surface area contributed by atoms with Gasteiger partial charge in [-0.05, 0) is 39.4 Å². The quantitative estimate of drug-likeness (QED) is 0.309. The molecule has 1 saturated heterocycles. The molecule has 0 amide bonds. The maximum atomic E-state index is 8.72. The smallest absolute Gasteiger partial charge is 0.156 e. The molecule has 0 aromatic heterocycles. The van der Waals surface area contributed by atoms with Gasteiger partial charge in [-0.25, -0.2) is 0 Å². The van der Waals surface area contributed by atoms with Gasteiger partial charge in [-0.15, -0.1) is 0 Å². The van der Waals surface area contributed by atoms with Crippen LogP contribution in [-0.2, 0) is 0 Å². The third kappa shape index (κ3) is 3.35. The highest BCUT2D eigenvalue weighted by Crippen LogP contribution is 2.16. The van der Waals surface area contributed by atoms with Crippen molar-refractivity contribution >= 4 is 5.84 Å². The van der Waals surface area contributed by atoms with Crippen molar-refractivity contribution in [2.24, 2.45) is 16.8 Å². The Kier molecular flexibility index (Phi) is 5.02. The van der Waals surface area contributed by atoms with Gasteiger partial charge in [-0.2, -0.15) is 0 Å². The van der Waals surface area contributed by atoms with Crippen molar-refractivity contribution in [2.45, 2.75) is 25.8 Å². The molecule has 0 bridgehead atoms. The van der Waals surface area contributed by atoms with Gasteiger partial charge in [0.25, 0.3) is 0 Å². The molecule has 5 nitrogen and oxygen atoms in total. The summed E-state index contributed by atoms with van der Waals surface area (Å²) in [6, 6.07) is 0.0518. The molecule has 2 unspecified atom stereocenters. The Balaban J connectivity index is 2.46. The van der Waals surface area contributed by atoms with Crippen molar-refractivity contribution in [2.75, 3.05) is 33.7 Å². The Morgan fingerprint density at radius 2 is 2.38 bits per heavy atom. The summed E-state index contributed by atoms with van der Waals surface area (Å²) in [5.41, 5.74) is 5.68. The second-order valence-corrected chi connectivity index (χ2v) is 4.81. The van der Waals surface area contributed by atoms with E-state index in [0.29, 0.717) is 11.8 Å². The largest absolute Gasteiger partial charge is 0.409 e. The highest BCUT2D eigenvalue weighted by Gasteiger charge is 2.24. The van der Waals surface area contributed by atoms with Crippen LogP contribution in [0.2, 0.25) is 0 Å². The van der Waals surface area contributed by atoms with Crippen LogP contribution in [0.5, 0.6) is 0 Å². The fraction of sp³-hybridized carbons (Fsp3) is 0.909. The topological polar surface area (TPSA) is 65.1 Å². The van der Waals surface area contributed by atoms with Gasteiger partial charge in [-0.1, -0.05) is 12.1 Å². The molecule has 0 radical (unpaired) electrons. The molecule has 1 aliphatic heterocycles. The molecule has 1 rings (SSSR count). The van der Waals surface area contributed by atoms with Crippen LogP contribution in [0.1, 0.15) is 19.8 Å². The number of amidine groups is 1. The highest BCUT2D eigenvalue weighted by molar-refractivity contribution is 5.85. The lowest BCUT2D eigenvalue weighted by Crippen LogP contribution is -2.44. The molecule has 0 aromatic rings. The third-order valence-electron chi connectivity index (χ3n) is 3.41. The number of nitrogens with two attached hydrogens (primary N) is 1. The van der Waals surface area contributed by atoms with Gasteiger partial charge in [0, 0.05) is 13.1 Å². The molecule has 0 saturated carbocycles. The maximum Gasteiger partial charge on any atom is 0.156 e. The Bertz CT molecular complexity index is 244. The van der Waals surface area contributed by atoms with Gasteiger partial charge in [0.2, 0.25) is 0 Å². The van der Waals surface area contributed by atoms with Crippen molar-refractivity contribution in [3.05, 3.63) is 0 Å². The summed E-state index contributed by atoms with van der Waals surface area (Å²) in [6.07, 6.45) is 2.11. The van der Waals surface area contributed by atoms with E-state index in [4.69, 9.17) is 10.9 Å². The first kappa shape index (κ1) is 13.3. The number of rotatable bonds is 5. The average Bonchev–Trinajstić information content (AvgIpc) is 2.64. The van der Waals surface area contributed by atoms with E-state index in [1.165, 1.54) is 13.0 Å². The summed E-state index contributed by atoms with van der Waals surface area (Å²) >= 11 is 0. The number of hydrogen-bond donors (Lipinski definition) is 2. The predicted octanol–water partition coefficient (Wildman–Crippen LogP) is 0.395. The average molecular weight is 228 g/mol. The zero-order valence-electron chi connectivity index (χ0n) is 10.6. The van der Waals surface area contributed by atoms with Gasteiger partial charge in [0.05, 0.1) is 6.04 Å². The molecule has 0 spiro atoms. The fourth-order valence-corrected chi connectivity index (χ4v) is 2.52. The van der Waals surface area contributed by atoms with Crippen LogP contribution >= 0.6 is 0 Å². The van der Waals surface area contributed by atoms with E-state index in [9.17, 15) is 0 Å². The second kappa shape index (κ2) is 6.06. The molecule has 1 aliphatic rings. The molecule has 0 aliphatic carbocycles. The number of hydrogen-bond acceptors (Lipinski definition) is 4. The maximum absolute atomic E-state index is 8.72. The van der Waals surface area contributed by atoms with Crippen LogP contribution in [0.4, 0.5) is 0 Å². The van der Waals surface area contributed by atoms with Crippen molar-refractivity contribution in [1.29, 1.82) is 0 Å². The van der Waals surface area contributed by atoms with E-state index < -0.39 is 0 Å². The zero-order chi connectivity index (χ0) is 12.1. The second-order valence-electron chi connectivity index (χ2n) is 4.81. The third-order valence-corrected chi connectivity index (χ3v) is 3.41. The lowest BCUT2D eigenvalue weighted by Gasteiger charge is -2.28. The van der Waals surface area contributed by atoms with E-state index >= 15 is 0 Å². The molecule has 3 N–H and O–H groups in total. The highest BCUT2D eigenvalue weighted by atomic mass is 16.4. The molecular formula is C11H24N4O. The molecule has 5 heteroatoms. The SMILES string of the molecule is CCC(C(N)=NO)N(C)CC1CCN(C)C1. The van der Waals surface area contributed by atoms with Gasteiger partial charge < -0.3 is 15.8 Å². The summed E-state index contributed by atoms with van der Waals surface area (Å²) in [5.74, 6) is 1.02. The molecule has 1 heterocycles. The van der Waals surface area contributed by atoms with E-state index in [1.54, 1.807) is 0 Å². The first-order valence-electron chi connectivity index (χ1n) is 5.94. The van der Waals surface area contributed by atoms with E-state index in [2.05, 4.69) is 28.9 Å². The van der Waals surface area contributed by atoms with Crippen LogP contribution in [0.15, 0.2) is 5.16 Å². The minimum absolute atomic E-state index is 0.0518. The molecule has 2 atom stereocenters. The van der Waals surface area contributed by atoms with E-state index in [1.807, 2.05) is 7.05 Å². The van der Waals surface area contributed by atoms with Crippen LogP contribution in [0.25, 0.3) is 0 Å². The Morgan fingerprint density at radius 3 is 2.81 bits per heavy atom. The minimum Gasteiger partial charge on any atom is -0.409 e. The summed E-state index contributed by atoms with van der Waals surface area (Å²) in [6.45, 7) is 5.40. The molecule has 94 valence electrons. The number of nitrogens with zero attached hydrogens (tertiary/aromatic N) is 3. The predicted molar refractivity (Wildman–Crippen MR) is 65.7 cm³/mol. The van der Waals surface area contributed by atoms with Crippen molar-refractivity contribution in [3.63, 3.8) is 0 Å². The standard InChI is InChI=1S/C11H24N4O/c1-4-10(11(12)13-16)15(3)8-9-5-6-14(2)7-9/h9-10,16H,4-8H2,1-3H3,(H2,12,13). The van der Waals surface area contributed by atoms with Gasteiger partial charge in [0.15, 0.2) is 5.84 Å². The fourth-order valence-electron chi connectivity index (χ4n) is 2.52. The lowest BCUT2D eigenvalue weighted by atomic mass is 10.1. The lowest BCUT2D eigenvalue weighted by molar-refractivity contribution is 0.234. The van der Waals surface area contributed by atoms with Crippen LogP contribution < -0.4 is 5.73 Å². The van der Waals surface area contributed by atoms with Gasteiger partial charge >= 0.3 is 0 Å². The van der Waals surface area contributed by atoms with E-state index in [-0.39, 0.29) is 6.04 Å².